The van der Waals surface area contributed by atoms with Gasteiger partial charge in [-0.2, -0.15) is 13.2 Å². The van der Waals surface area contributed by atoms with E-state index in [0.717, 1.165) is 44.5 Å². The van der Waals surface area contributed by atoms with Gasteiger partial charge in [0.2, 0.25) is 0 Å². The maximum atomic E-state index is 14.4. The molecule has 1 saturated carbocycles. The van der Waals surface area contributed by atoms with Crippen LogP contribution in [0.25, 0.3) is 0 Å². The molecule has 49 heavy (non-hydrogen) atoms. The van der Waals surface area contributed by atoms with E-state index in [0.29, 0.717) is 30.5 Å². The fourth-order valence-corrected chi connectivity index (χ4v) is 6.69. The summed E-state index contributed by atoms with van der Waals surface area (Å²) in [6.07, 6.45) is 4.13. The third-order valence-electron chi connectivity index (χ3n) is 9.57. The fourth-order valence-electron chi connectivity index (χ4n) is 6.69. The Labute approximate surface area is 288 Å². The first-order valence-electron chi connectivity index (χ1n) is 17.6. The number of hydrogen-bond donors (Lipinski definition) is 3. The maximum absolute atomic E-state index is 14.4. The Kier molecular flexibility index (Phi) is 14.2. The van der Waals surface area contributed by atoms with Gasteiger partial charge >= 0.3 is 12.2 Å². The quantitative estimate of drug-likeness (QED) is 0.263. The lowest BCUT2D eigenvalue weighted by Gasteiger charge is -2.36. The van der Waals surface area contributed by atoms with Crippen molar-refractivity contribution < 1.29 is 37.3 Å². The summed E-state index contributed by atoms with van der Waals surface area (Å²) in [6, 6.07) is 7.72. The Morgan fingerprint density at radius 2 is 1.63 bits per heavy atom. The molecule has 0 unspecified atom stereocenters. The highest BCUT2D eigenvalue weighted by Crippen LogP contribution is 2.31. The molecule has 0 spiro atoms. The lowest BCUT2D eigenvalue weighted by Crippen LogP contribution is -2.47. The van der Waals surface area contributed by atoms with E-state index >= 15 is 0 Å². The van der Waals surface area contributed by atoms with E-state index in [-0.39, 0.29) is 41.9 Å². The molecule has 1 aliphatic carbocycles. The molecule has 3 N–H and O–H groups in total. The average Bonchev–Trinajstić information content (AvgIpc) is 3.06. The summed E-state index contributed by atoms with van der Waals surface area (Å²) >= 11 is 0. The second-order valence-electron chi connectivity index (χ2n) is 13.9. The first-order chi connectivity index (χ1) is 23.3. The number of fused-ring (bicyclic) bond motifs is 1. The van der Waals surface area contributed by atoms with Crippen molar-refractivity contribution in [3.8, 4) is 5.75 Å². The van der Waals surface area contributed by atoms with Crippen LogP contribution in [0.3, 0.4) is 0 Å². The summed E-state index contributed by atoms with van der Waals surface area (Å²) in [5.74, 6) is 0.659. The number of urea groups is 1. The molecule has 272 valence electrons. The zero-order valence-electron chi connectivity index (χ0n) is 29.2. The SMILES string of the molecule is C[C@@H]1CN([C@@H](C)CO)C(=O)c2cc(NC(=O)Nc3ccc(C(F)(F)F)cc3)ccc2O[C@@H](C)CCCCO[C@@H]1CN(C)CC1CCCCC1. The van der Waals surface area contributed by atoms with Gasteiger partial charge in [0.25, 0.3) is 5.91 Å². The molecule has 12 heteroatoms. The van der Waals surface area contributed by atoms with E-state index in [9.17, 15) is 27.9 Å². The van der Waals surface area contributed by atoms with Crippen LogP contribution >= 0.6 is 0 Å². The Bertz CT molecular complexity index is 1350. The lowest BCUT2D eigenvalue weighted by atomic mass is 9.89. The van der Waals surface area contributed by atoms with Crippen molar-refractivity contribution >= 4 is 23.3 Å². The first kappa shape index (κ1) is 38.5. The van der Waals surface area contributed by atoms with Gasteiger partial charge in [-0.15, -0.1) is 0 Å². The van der Waals surface area contributed by atoms with Gasteiger partial charge in [0.05, 0.1) is 36.0 Å². The highest BCUT2D eigenvalue weighted by atomic mass is 19.4. The van der Waals surface area contributed by atoms with Crippen LogP contribution in [0.5, 0.6) is 5.75 Å². The molecule has 0 aromatic heterocycles. The molecule has 4 rings (SSSR count). The molecule has 1 heterocycles. The monoisotopic (exact) mass is 690 g/mol. The number of aliphatic hydroxyl groups is 1. The number of nitrogens with one attached hydrogen (secondary N) is 2. The van der Waals surface area contributed by atoms with Crippen LogP contribution in [0.4, 0.5) is 29.3 Å². The second-order valence-corrected chi connectivity index (χ2v) is 13.9. The first-order valence-corrected chi connectivity index (χ1v) is 17.6. The Morgan fingerprint density at radius 1 is 0.980 bits per heavy atom. The molecule has 2 aromatic rings. The normalized spacial score (nSPS) is 22.5. The molecule has 0 saturated heterocycles. The van der Waals surface area contributed by atoms with E-state index in [1.165, 1.54) is 50.3 Å². The number of ether oxygens (including phenoxy) is 2. The van der Waals surface area contributed by atoms with Crippen LogP contribution in [0.1, 0.15) is 88.1 Å². The number of alkyl halides is 3. The summed E-state index contributed by atoms with van der Waals surface area (Å²) in [4.78, 5) is 31.2. The zero-order chi connectivity index (χ0) is 35.6. The Balaban J connectivity index is 1.55. The predicted molar refractivity (Wildman–Crippen MR) is 185 cm³/mol. The largest absolute Gasteiger partial charge is 0.490 e. The average molecular weight is 691 g/mol. The Hall–Kier alpha value is -3.35. The molecular weight excluding hydrogens is 637 g/mol. The number of carbonyl (C=O) groups is 2. The highest BCUT2D eigenvalue weighted by molar-refractivity contribution is 6.02. The number of halogens is 3. The van der Waals surface area contributed by atoms with E-state index in [1.807, 2.05) is 6.92 Å². The van der Waals surface area contributed by atoms with Crippen molar-refractivity contribution in [3.05, 3.63) is 53.6 Å². The summed E-state index contributed by atoms with van der Waals surface area (Å²) < 4.78 is 51.6. The van der Waals surface area contributed by atoms with Gasteiger partial charge in [0.15, 0.2) is 0 Å². The van der Waals surface area contributed by atoms with Gasteiger partial charge in [-0.1, -0.05) is 26.2 Å². The van der Waals surface area contributed by atoms with Crippen molar-refractivity contribution in [1.82, 2.24) is 9.80 Å². The lowest BCUT2D eigenvalue weighted by molar-refractivity contribution is -0.137. The molecule has 1 fully saturated rings. The topological polar surface area (TPSA) is 103 Å². The van der Waals surface area contributed by atoms with E-state index in [1.54, 1.807) is 24.0 Å². The van der Waals surface area contributed by atoms with Gasteiger partial charge in [0.1, 0.15) is 5.75 Å². The number of hydrogen-bond acceptors (Lipinski definition) is 6. The molecule has 0 bridgehead atoms. The minimum absolute atomic E-state index is 0.0474. The Morgan fingerprint density at radius 3 is 2.31 bits per heavy atom. The van der Waals surface area contributed by atoms with Gasteiger partial charge in [0, 0.05) is 43.5 Å². The number of rotatable bonds is 8. The smallest absolute Gasteiger partial charge is 0.416 e. The minimum Gasteiger partial charge on any atom is -0.490 e. The van der Waals surface area contributed by atoms with Crippen LogP contribution in [0, 0.1) is 11.8 Å². The number of anilines is 2. The summed E-state index contributed by atoms with van der Waals surface area (Å²) in [7, 11) is 2.15. The molecular formula is C37H53F3N4O5. The third-order valence-corrected chi connectivity index (χ3v) is 9.57. The predicted octanol–water partition coefficient (Wildman–Crippen LogP) is 7.66. The van der Waals surface area contributed by atoms with Crippen LogP contribution in [0.15, 0.2) is 42.5 Å². The summed E-state index contributed by atoms with van der Waals surface area (Å²) in [5, 5.41) is 15.4. The van der Waals surface area contributed by atoms with Gasteiger partial charge < -0.3 is 35.0 Å². The molecule has 3 amide bonds. The number of carbonyl (C=O) groups excluding carboxylic acids is 2. The number of amides is 3. The zero-order valence-corrected chi connectivity index (χ0v) is 29.2. The van der Waals surface area contributed by atoms with E-state index in [4.69, 9.17) is 9.47 Å². The number of aliphatic hydroxyl groups excluding tert-OH is 1. The van der Waals surface area contributed by atoms with Crippen molar-refractivity contribution in [2.24, 2.45) is 11.8 Å². The number of likely N-dealkylation sites (N-methyl/N-ethyl adjacent to an activating group) is 1. The molecule has 2 aliphatic rings. The summed E-state index contributed by atoms with van der Waals surface area (Å²) in [6.45, 7) is 8.29. The van der Waals surface area contributed by atoms with Gasteiger partial charge in [-0.05, 0) is 101 Å². The van der Waals surface area contributed by atoms with Gasteiger partial charge in [-0.3, -0.25) is 4.79 Å². The molecule has 4 atom stereocenters. The standard InChI is InChI=1S/C37H53F3N4O5/c1-25-21-44(26(2)24-45)35(46)32-20-31(42-36(47)41-30-15-13-29(14-16-30)37(38,39)40)17-18-33(32)49-27(3)10-8-9-19-48-34(25)23-43(4)22-28-11-6-5-7-12-28/h13-18,20,25-28,34,45H,5-12,19,21-24H2,1-4H3,(H2,41,42,47)/t25-,26+,27+,34-/m1/s1. The third kappa shape index (κ3) is 11.6. The van der Waals surface area contributed by atoms with E-state index in [2.05, 4.69) is 29.5 Å². The number of benzene rings is 2. The van der Waals surface area contributed by atoms with Crippen molar-refractivity contribution in [2.45, 2.75) is 96.6 Å². The molecule has 9 nitrogen and oxygen atoms in total. The van der Waals surface area contributed by atoms with Crippen LogP contribution in [-0.2, 0) is 10.9 Å². The maximum Gasteiger partial charge on any atom is 0.416 e. The second kappa shape index (κ2) is 18.1. The van der Waals surface area contributed by atoms with E-state index < -0.39 is 23.8 Å². The van der Waals surface area contributed by atoms with Crippen LogP contribution in [0.2, 0.25) is 0 Å². The minimum atomic E-state index is -4.49. The van der Waals surface area contributed by atoms with Crippen LogP contribution in [-0.4, -0.2) is 85.0 Å². The fraction of sp³-hybridized carbons (Fsp3) is 0.622. The highest BCUT2D eigenvalue weighted by Gasteiger charge is 2.32. The number of nitrogens with zero attached hydrogens (tertiary/aromatic N) is 2. The molecule has 2 aromatic carbocycles. The van der Waals surface area contributed by atoms with Gasteiger partial charge in [-0.25, -0.2) is 4.79 Å². The van der Waals surface area contributed by atoms with Crippen molar-refractivity contribution in [3.63, 3.8) is 0 Å². The summed E-state index contributed by atoms with van der Waals surface area (Å²) in [5.41, 5.74) is -0.118. The molecule has 0 radical (unpaired) electrons. The van der Waals surface area contributed by atoms with Crippen molar-refractivity contribution in [1.29, 1.82) is 0 Å². The van der Waals surface area contributed by atoms with Crippen LogP contribution < -0.4 is 15.4 Å². The molecule has 1 aliphatic heterocycles. The van der Waals surface area contributed by atoms with Crippen molar-refractivity contribution in [2.75, 3.05) is 50.5 Å².